The Morgan fingerprint density at radius 3 is 2.00 bits per heavy atom. The molecule has 2 nitrogen and oxygen atoms in total. The highest BCUT2D eigenvalue weighted by Crippen LogP contribution is 2.40. The molecule has 0 aromatic carbocycles. The molecule has 1 atom stereocenters. The lowest BCUT2D eigenvalue weighted by molar-refractivity contribution is 0.0999. The molecule has 0 aromatic rings. The van der Waals surface area contributed by atoms with Gasteiger partial charge in [0.15, 0.2) is 0 Å². The minimum atomic E-state index is -0.120. The summed E-state index contributed by atoms with van der Waals surface area (Å²) in [5.74, 6) is 0. The normalized spacial score (nSPS) is 37.0. The molecule has 1 aliphatic rings. The van der Waals surface area contributed by atoms with Gasteiger partial charge in [-0.25, -0.2) is 0 Å². The summed E-state index contributed by atoms with van der Waals surface area (Å²) in [4.78, 5) is 0. The molecular weight excluding hydrogens is 160 g/mol. The van der Waals surface area contributed by atoms with E-state index in [9.17, 15) is 0 Å². The zero-order chi connectivity index (χ0) is 10.3. The van der Waals surface area contributed by atoms with Crippen molar-refractivity contribution < 1.29 is 0 Å². The van der Waals surface area contributed by atoms with E-state index < -0.39 is 0 Å². The smallest absolute Gasteiger partial charge is 0.0511 e. The van der Waals surface area contributed by atoms with Gasteiger partial charge in [0.1, 0.15) is 0 Å². The molecule has 2 heteroatoms. The van der Waals surface area contributed by atoms with Crippen molar-refractivity contribution in [3.8, 4) is 0 Å². The predicted octanol–water partition coefficient (Wildman–Crippen LogP) is 2.58. The number of piperidine rings is 1. The molecule has 1 rings (SSSR count). The number of hydrogen-bond acceptors (Lipinski definition) is 2. The van der Waals surface area contributed by atoms with E-state index in [0.717, 1.165) is 6.42 Å². The van der Waals surface area contributed by atoms with Crippen LogP contribution < -0.4 is 5.32 Å². The first kappa shape index (κ1) is 10.7. The van der Waals surface area contributed by atoms with Gasteiger partial charge in [0, 0.05) is 11.8 Å². The third kappa shape index (κ3) is 2.53. The van der Waals surface area contributed by atoms with Crippen LogP contribution in [0, 0.1) is 10.8 Å². The molecule has 0 radical (unpaired) electrons. The molecule has 2 N–H and O–H groups in total. The van der Waals surface area contributed by atoms with Crippen LogP contribution in [0.3, 0.4) is 0 Å². The van der Waals surface area contributed by atoms with Crippen molar-refractivity contribution in [2.24, 2.45) is 5.41 Å². The highest BCUT2D eigenvalue weighted by molar-refractivity contribution is 5.67. The van der Waals surface area contributed by atoms with E-state index in [1.807, 2.05) is 0 Å². The molecule has 1 saturated heterocycles. The van der Waals surface area contributed by atoms with Crippen LogP contribution in [0.2, 0.25) is 0 Å². The second-order valence-corrected chi connectivity index (χ2v) is 6.09. The van der Waals surface area contributed by atoms with Crippen molar-refractivity contribution in [3.63, 3.8) is 0 Å². The minimum Gasteiger partial charge on any atom is -0.311 e. The van der Waals surface area contributed by atoms with Crippen molar-refractivity contribution >= 4 is 6.21 Å². The molecule has 0 amide bonds. The van der Waals surface area contributed by atoms with Gasteiger partial charge in [0.2, 0.25) is 0 Å². The number of rotatable bonds is 1. The largest absolute Gasteiger partial charge is 0.311 e. The summed E-state index contributed by atoms with van der Waals surface area (Å²) in [5, 5.41) is 11.0. The molecule has 0 aromatic heterocycles. The lowest BCUT2D eigenvalue weighted by Crippen LogP contribution is -2.62. The van der Waals surface area contributed by atoms with Crippen LogP contribution in [-0.2, 0) is 0 Å². The molecule has 1 heterocycles. The van der Waals surface area contributed by atoms with Crippen LogP contribution in [0.5, 0.6) is 0 Å². The number of hydrogen-bond donors (Lipinski definition) is 2. The maximum atomic E-state index is 7.46. The van der Waals surface area contributed by atoms with Crippen LogP contribution in [0.25, 0.3) is 0 Å². The van der Waals surface area contributed by atoms with Gasteiger partial charge in [-0.3, -0.25) is 0 Å². The van der Waals surface area contributed by atoms with Crippen LogP contribution in [-0.4, -0.2) is 17.3 Å². The Bertz CT molecular complexity index is 200. The molecule has 0 saturated carbocycles. The average molecular weight is 182 g/mol. The Hall–Kier alpha value is -0.370. The van der Waals surface area contributed by atoms with Gasteiger partial charge in [-0.2, -0.15) is 0 Å². The van der Waals surface area contributed by atoms with E-state index in [-0.39, 0.29) is 11.1 Å². The molecule has 13 heavy (non-hydrogen) atoms. The molecule has 0 bridgehead atoms. The zero-order valence-electron chi connectivity index (χ0n) is 9.49. The maximum Gasteiger partial charge on any atom is 0.0511 e. The Morgan fingerprint density at radius 2 is 1.62 bits per heavy atom. The highest BCUT2D eigenvalue weighted by atomic mass is 15.1. The van der Waals surface area contributed by atoms with Crippen molar-refractivity contribution in [2.45, 2.75) is 58.5 Å². The average Bonchev–Trinajstić information content (AvgIpc) is 1.79. The van der Waals surface area contributed by atoms with Gasteiger partial charge in [-0.05, 0) is 39.0 Å². The third-order valence-corrected chi connectivity index (χ3v) is 2.71. The van der Waals surface area contributed by atoms with Crippen molar-refractivity contribution in [2.75, 3.05) is 0 Å². The summed E-state index contributed by atoms with van der Waals surface area (Å²) in [6.45, 7) is 11.1. The Morgan fingerprint density at radius 1 is 1.08 bits per heavy atom. The SMILES string of the molecule is CC1(C)CC(C)(C)NC(C)(C=N)C1. The summed E-state index contributed by atoms with van der Waals surface area (Å²) < 4.78 is 0. The Kier molecular flexibility index (Phi) is 2.31. The van der Waals surface area contributed by atoms with Crippen LogP contribution in [0.1, 0.15) is 47.5 Å². The molecule has 1 unspecified atom stereocenters. The second-order valence-electron chi connectivity index (χ2n) is 6.09. The van der Waals surface area contributed by atoms with Gasteiger partial charge < -0.3 is 10.7 Å². The lowest BCUT2D eigenvalue weighted by atomic mass is 9.67. The number of nitrogens with one attached hydrogen (secondary N) is 2. The Balaban J connectivity index is 2.90. The standard InChI is InChI=1S/C11H22N2/c1-9(2)6-10(3,4)13-11(5,7-9)8-12/h8,12-13H,6-7H2,1-5H3. The van der Waals surface area contributed by atoms with E-state index in [0.29, 0.717) is 5.41 Å². The fraction of sp³-hybridized carbons (Fsp3) is 0.909. The Labute approximate surface area is 81.6 Å². The molecule has 0 aliphatic carbocycles. The van der Waals surface area contributed by atoms with Crippen molar-refractivity contribution in [1.29, 1.82) is 5.41 Å². The predicted molar refractivity (Wildman–Crippen MR) is 57.4 cm³/mol. The van der Waals surface area contributed by atoms with Crippen molar-refractivity contribution in [1.82, 2.24) is 5.32 Å². The molecule has 76 valence electrons. The summed E-state index contributed by atoms with van der Waals surface area (Å²) in [7, 11) is 0. The fourth-order valence-electron chi connectivity index (χ4n) is 3.20. The molecule has 0 spiro atoms. The summed E-state index contributed by atoms with van der Waals surface area (Å²) >= 11 is 0. The topological polar surface area (TPSA) is 35.9 Å². The first-order valence-electron chi connectivity index (χ1n) is 4.99. The summed E-state index contributed by atoms with van der Waals surface area (Å²) in [5.41, 5.74) is 0.361. The van der Waals surface area contributed by atoms with Crippen LogP contribution in [0.4, 0.5) is 0 Å². The lowest BCUT2D eigenvalue weighted by Gasteiger charge is -2.50. The third-order valence-electron chi connectivity index (χ3n) is 2.71. The monoisotopic (exact) mass is 182 g/mol. The second kappa shape index (κ2) is 2.81. The summed E-state index contributed by atoms with van der Waals surface area (Å²) in [6.07, 6.45) is 3.77. The van der Waals surface area contributed by atoms with Crippen LogP contribution >= 0.6 is 0 Å². The highest BCUT2D eigenvalue weighted by Gasteiger charge is 2.43. The molecular formula is C11H22N2. The fourth-order valence-corrected chi connectivity index (χ4v) is 3.20. The first-order valence-corrected chi connectivity index (χ1v) is 4.99. The molecule has 1 fully saturated rings. The van der Waals surface area contributed by atoms with Gasteiger partial charge in [0.05, 0.1) is 5.54 Å². The van der Waals surface area contributed by atoms with Gasteiger partial charge >= 0.3 is 0 Å². The van der Waals surface area contributed by atoms with E-state index in [1.54, 1.807) is 6.21 Å². The van der Waals surface area contributed by atoms with Crippen LogP contribution in [0.15, 0.2) is 0 Å². The molecule has 1 aliphatic heterocycles. The minimum absolute atomic E-state index is 0.120. The van der Waals surface area contributed by atoms with Gasteiger partial charge in [0.25, 0.3) is 0 Å². The van der Waals surface area contributed by atoms with E-state index in [4.69, 9.17) is 5.41 Å². The maximum absolute atomic E-state index is 7.46. The van der Waals surface area contributed by atoms with Gasteiger partial charge in [-0.15, -0.1) is 0 Å². The van der Waals surface area contributed by atoms with E-state index >= 15 is 0 Å². The quantitative estimate of drug-likeness (QED) is 0.601. The van der Waals surface area contributed by atoms with E-state index in [2.05, 4.69) is 39.9 Å². The first-order chi connectivity index (χ1) is 5.68. The van der Waals surface area contributed by atoms with Gasteiger partial charge in [-0.1, -0.05) is 13.8 Å². The summed E-state index contributed by atoms with van der Waals surface area (Å²) in [6, 6.07) is 0. The van der Waals surface area contributed by atoms with Crippen molar-refractivity contribution in [3.05, 3.63) is 0 Å². The van der Waals surface area contributed by atoms with E-state index in [1.165, 1.54) is 6.42 Å². The zero-order valence-corrected chi connectivity index (χ0v) is 9.49.